The zero-order valence-corrected chi connectivity index (χ0v) is 22.5. The molecule has 1 aliphatic heterocycles. The summed E-state index contributed by atoms with van der Waals surface area (Å²) in [4.78, 5) is 27.0. The van der Waals surface area contributed by atoms with Gasteiger partial charge in [0.25, 0.3) is 0 Å². The fraction of sp³-hybridized carbons (Fsp3) is 0.407. The topological polar surface area (TPSA) is 125 Å². The first-order chi connectivity index (χ1) is 17.7. The Labute approximate surface area is 231 Å². The Kier molecular flexibility index (Phi) is 10.0. The van der Waals surface area contributed by atoms with Gasteiger partial charge in [-0.1, -0.05) is 71.9 Å². The minimum Gasteiger partial charge on any atom is -0.444 e. The number of hydrogen-bond acceptors (Lipinski definition) is 7. The van der Waals surface area contributed by atoms with E-state index < -0.39 is 17.7 Å². The quantitative estimate of drug-likeness (QED) is 0.389. The number of rotatable bonds is 9. The first-order valence-corrected chi connectivity index (χ1v) is 12.8. The summed E-state index contributed by atoms with van der Waals surface area (Å²) >= 11 is 3.47. The summed E-state index contributed by atoms with van der Waals surface area (Å²) in [7, 11) is 0. The normalized spacial score (nSPS) is 13.7. The maximum absolute atomic E-state index is 12.7. The number of halogens is 1. The maximum Gasteiger partial charge on any atom is 0.410 e. The molecule has 4 rings (SSSR count). The highest BCUT2D eigenvalue weighted by molar-refractivity contribution is 9.10. The molecule has 0 spiro atoms. The first-order valence-electron chi connectivity index (χ1n) is 12.0. The van der Waals surface area contributed by atoms with E-state index in [0.717, 1.165) is 15.6 Å². The summed E-state index contributed by atoms with van der Waals surface area (Å²) in [6.45, 7) is 5.14. The third kappa shape index (κ3) is 7.40. The zero-order valence-electron chi connectivity index (χ0n) is 20.9. The highest BCUT2D eigenvalue weighted by atomic mass is 79.9. The number of ether oxygens (including phenoxy) is 2. The van der Waals surface area contributed by atoms with E-state index in [1.807, 2.05) is 59.2 Å². The van der Waals surface area contributed by atoms with Crippen LogP contribution in [0.15, 0.2) is 59.1 Å². The third-order valence-corrected chi connectivity index (χ3v) is 6.72. The van der Waals surface area contributed by atoms with Crippen molar-refractivity contribution in [2.75, 3.05) is 13.2 Å². The van der Waals surface area contributed by atoms with Crippen LogP contribution in [0.5, 0.6) is 0 Å². The summed E-state index contributed by atoms with van der Waals surface area (Å²) in [5, 5.41) is 11.6. The van der Waals surface area contributed by atoms with E-state index in [-0.39, 0.29) is 33.1 Å². The average molecular weight is 588 g/mol. The largest absolute Gasteiger partial charge is 0.444 e. The maximum atomic E-state index is 12.7. The number of fused-ring (bicyclic) bond motifs is 1. The van der Waals surface area contributed by atoms with Crippen molar-refractivity contribution in [3.63, 3.8) is 0 Å². The molecule has 204 valence electrons. The van der Waals surface area contributed by atoms with Gasteiger partial charge in [-0.05, 0) is 25.5 Å². The van der Waals surface area contributed by atoms with Gasteiger partial charge in [0.05, 0.1) is 25.3 Å². The van der Waals surface area contributed by atoms with Gasteiger partial charge in [0.15, 0.2) is 11.6 Å². The van der Waals surface area contributed by atoms with Crippen molar-refractivity contribution in [2.24, 2.45) is 5.73 Å². The van der Waals surface area contributed by atoms with Crippen LogP contribution in [0.25, 0.3) is 0 Å². The molecule has 1 atom stereocenters. The van der Waals surface area contributed by atoms with Crippen LogP contribution in [0.4, 0.5) is 4.79 Å². The van der Waals surface area contributed by atoms with Gasteiger partial charge in [-0.3, -0.25) is 9.69 Å². The molecule has 1 aliphatic rings. The molecular formula is C27H35BrN6O4. The van der Waals surface area contributed by atoms with Crippen LogP contribution in [0, 0.1) is 0 Å². The van der Waals surface area contributed by atoms with Crippen molar-refractivity contribution in [3.8, 4) is 0 Å². The summed E-state index contributed by atoms with van der Waals surface area (Å²) in [6.07, 6.45) is -0.424. The van der Waals surface area contributed by atoms with Gasteiger partial charge in [0.1, 0.15) is 12.6 Å². The van der Waals surface area contributed by atoms with Crippen molar-refractivity contribution < 1.29 is 19.1 Å². The summed E-state index contributed by atoms with van der Waals surface area (Å²) in [6, 6.07) is 16.8. The summed E-state index contributed by atoms with van der Waals surface area (Å²) in [5.41, 5.74) is 6.84. The first kappa shape index (κ1) is 29.3. The third-order valence-electron chi connectivity index (χ3n) is 5.95. The van der Waals surface area contributed by atoms with Gasteiger partial charge >= 0.3 is 6.09 Å². The smallest absolute Gasteiger partial charge is 0.410 e. The number of hydrogen-bond donors (Lipinski definition) is 2. The van der Waals surface area contributed by atoms with Gasteiger partial charge in [-0.2, -0.15) is 0 Å². The Hall–Kier alpha value is -3.28. The monoisotopic (exact) mass is 586 g/mol. The van der Waals surface area contributed by atoms with E-state index in [1.54, 1.807) is 18.7 Å². The summed E-state index contributed by atoms with van der Waals surface area (Å²) in [5.74, 6) is 0.835. The standard InChI is InChI=1S/C26H31BrN6O4.CH4/c1-26(2,28)24(34)29-21(17-36-15-18-8-4-3-5-9-18)23-31-30-22-14-32(12-13-33(22)23)25(35)37-16-19-10-6-7-11-20(19)27;/h3-11,21H,12-17,28H2,1-2H3,(H,29,34);1H4/t21-;/m1./s1. The van der Waals surface area contributed by atoms with E-state index in [9.17, 15) is 9.59 Å². The SMILES string of the molecule is C.CC(C)(N)C(=O)N[C@H](COCc1ccccc1)c1nnc2n1CCN(C(=O)OCc1ccccc1Br)C2. The van der Waals surface area contributed by atoms with E-state index in [4.69, 9.17) is 15.2 Å². The van der Waals surface area contributed by atoms with E-state index in [0.29, 0.717) is 31.3 Å². The van der Waals surface area contributed by atoms with Crippen LogP contribution in [0.1, 0.15) is 50.1 Å². The molecular weight excluding hydrogens is 552 g/mol. The lowest BCUT2D eigenvalue weighted by Gasteiger charge is -2.29. The van der Waals surface area contributed by atoms with Gasteiger partial charge in [0.2, 0.25) is 5.91 Å². The van der Waals surface area contributed by atoms with Crippen LogP contribution >= 0.6 is 15.9 Å². The Morgan fingerprint density at radius 1 is 1.08 bits per heavy atom. The Morgan fingerprint density at radius 3 is 2.50 bits per heavy atom. The van der Waals surface area contributed by atoms with Crippen molar-refractivity contribution in [3.05, 3.63) is 81.8 Å². The predicted molar refractivity (Wildman–Crippen MR) is 147 cm³/mol. The van der Waals surface area contributed by atoms with Gasteiger partial charge in [0, 0.05) is 23.1 Å². The number of benzene rings is 2. The molecule has 2 aromatic carbocycles. The minimum absolute atomic E-state index is 0. The van der Waals surface area contributed by atoms with Crippen molar-refractivity contribution in [1.29, 1.82) is 0 Å². The number of aromatic nitrogens is 3. The van der Waals surface area contributed by atoms with Crippen LogP contribution in [-0.4, -0.2) is 50.4 Å². The second-order valence-electron chi connectivity index (χ2n) is 9.44. The second-order valence-corrected chi connectivity index (χ2v) is 10.3. The molecule has 2 heterocycles. The van der Waals surface area contributed by atoms with Gasteiger partial charge < -0.3 is 25.1 Å². The number of carbonyl (C=O) groups excluding carboxylic acids is 2. The molecule has 38 heavy (non-hydrogen) atoms. The second kappa shape index (κ2) is 13.0. The Balaban J connectivity index is 0.00000400. The highest BCUT2D eigenvalue weighted by Gasteiger charge is 2.31. The molecule has 10 nitrogen and oxygen atoms in total. The van der Waals surface area contributed by atoms with Crippen LogP contribution in [0.3, 0.4) is 0 Å². The molecule has 0 aliphatic carbocycles. The van der Waals surface area contributed by atoms with Crippen molar-refractivity contribution in [1.82, 2.24) is 25.0 Å². The number of nitrogens with two attached hydrogens (primary N) is 1. The molecule has 0 fully saturated rings. The van der Waals surface area contributed by atoms with E-state index >= 15 is 0 Å². The summed E-state index contributed by atoms with van der Waals surface area (Å²) < 4.78 is 14.2. The zero-order chi connectivity index (χ0) is 26.4. The van der Waals surface area contributed by atoms with E-state index in [1.165, 1.54) is 0 Å². The minimum atomic E-state index is -1.07. The Morgan fingerprint density at radius 2 is 1.79 bits per heavy atom. The lowest BCUT2D eigenvalue weighted by atomic mass is 10.1. The van der Waals surface area contributed by atoms with Gasteiger partial charge in [-0.15, -0.1) is 10.2 Å². The molecule has 0 radical (unpaired) electrons. The molecule has 0 unspecified atom stereocenters. The molecule has 2 amide bonds. The average Bonchev–Trinajstić information content (AvgIpc) is 3.30. The molecule has 11 heteroatoms. The molecule has 1 aromatic heterocycles. The fourth-order valence-corrected chi connectivity index (χ4v) is 4.23. The lowest BCUT2D eigenvalue weighted by Crippen LogP contribution is -2.51. The Bertz CT molecular complexity index is 1230. The van der Waals surface area contributed by atoms with Crippen molar-refractivity contribution >= 4 is 27.9 Å². The van der Waals surface area contributed by atoms with Crippen molar-refractivity contribution in [2.45, 2.75) is 59.2 Å². The van der Waals surface area contributed by atoms with E-state index in [2.05, 4.69) is 31.4 Å². The number of nitrogens with one attached hydrogen (secondary N) is 1. The molecule has 0 saturated heterocycles. The number of nitrogens with zero attached hydrogens (tertiary/aromatic N) is 4. The van der Waals surface area contributed by atoms with Crippen LogP contribution in [0.2, 0.25) is 0 Å². The van der Waals surface area contributed by atoms with Gasteiger partial charge in [-0.25, -0.2) is 4.79 Å². The molecule has 0 saturated carbocycles. The molecule has 3 aromatic rings. The number of carbonyl (C=O) groups is 2. The predicted octanol–water partition coefficient (Wildman–Crippen LogP) is 3.94. The fourth-order valence-electron chi connectivity index (χ4n) is 3.83. The highest BCUT2D eigenvalue weighted by Crippen LogP contribution is 2.21. The molecule has 3 N–H and O–H groups in total. The van der Waals surface area contributed by atoms with Crippen LogP contribution < -0.4 is 11.1 Å². The van der Waals surface area contributed by atoms with Crippen LogP contribution in [-0.2, 0) is 40.6 Å². The lowest BCUT2D eigenvalue weighted by molar-refractivity contribution is -0.126. The number of amides is 2. The molecule has 0 bridgehead atoms.